The van der Waals surface area contributed by atoms with E-state index in [0.29, 0.717) is 11.8 Å². The average molecular weight is 342 g/mol. The highest BCUT2D eigenvalue weighted by Crippen LogP contribution is 2.11. The van der Waals surface area contributed by atoms with Crippen LogP contribution in [0.4, 0.5) is 0 Å². The molecule has 0 amide bonds. The Morgan fingerprint density at radius 2 is 1.06 bits per heavy atom. The van der Waals surface area contributed by atoms with Crippen LogP contribution in [0.3, 0.4) is 0 Å². The van der Waals surface area contributed by atoms with Crippen LogP contribution >= 0.6 is 46.4 Å². The molecule has 4 unspecified atom stereocenters. The normalized spacial score (nSPS) is 17.3. The lowest BCUT2D eigenvalue weighted by Gasteiger charge is -2.16. The predicted octanol–water partition coefficient (Wildman–Crippen LogP) is 4.52. The Balaban J connectivity index is 0. The Hall–Kier alpha value is 1.08. The molecule has 0 aliphatic rings. The molecule has 0 fully saturated rings. The summed E-state index contributed by atoms with van der Waals surface area (Å²) in [5.41, 5.74) is 0. The number of hydrogen-bond donors (Lipinski definition) is 0. The molecule has 0 radical (unpaired) electrons. The summed E-state index contributed by atoms with van der Waals surface area (Å²) in [6, 6.07) is 0. The zero-order chi connectivity index (χ0) is 14.6. The molecule has 0 N–H and O–H groups in total. The van der Waals surface area contributed by atoms with Crippen molar-refractivity contribution in [3.8, 4) is 0 Å². The predicted molar refractivity (Wildman–Crippen MR) is 82.9 cm³/mol. The summed E-state index contributed by atoms with van der Waals surface area (Å²) < 4.78 is 10.1. The van der Waals surface area contributed by atoms with Gasteiger partial charge >= 0.3 is 0 Å². The maximum absolute atomic E-state index is 5.77. The summed E-state index contributed by atoms with van der Waals surface area (Å²) in [6.45, 7) is 4.05. The molecule has 4 atom stereocenters. The van der Waals surface area contributed by atoms with E-state index in [-0.39, 0.29) is 23.0 Å². The van der Waals surface area contributed by atoms with Gasteiger partial charge in [0.1, 0.15) is 0 Å². The largest absolute Gasteiger partial charge is 0.380 e. The van der Waals surface area contributed by atoms with E-state index in [0.717, 1.165) is 12.8 Å². The number of rotatable bonds is 8. The summed E-state index contributed by atoms with van der Waals surface area (Å²) >= 11 is 22.5. The fraction of sp³-hybridized carbons (Fsp3) is 1.00. The molecule has 0 saturated heterocycles. The highest BCUT2D eigenvalue weighted by Gasteiger charge is 2.15. The van der Waals surface area contributed by atoms with Gasteiger partial charge in [0.2, 0.25) is 0 Å². The standard InChI is InChI=1S/2C6H12Cl2O/c2*1-3-6(9-2)5(8)4-7/h2*5-6H,3-4H2,1-2H3. The van der Waals surface area contributed by atoms with Crippen LogP contribution < -0.4 is 0 Å². The van der Waals surface area contributed by atoms with E-state index in [1.807, 2.05) is 13.8 Å². The summed E-state index contributed by atoms with van der Waals surface area (Å²) in [7, 11) is 3.30. The number of hydrogen-bond acceptors (Lipinski definition) is 2. The van der Waals surface area contributed by atoms with E-state index in [1.165, 1.54) is 0 Å². The zero-order valence-electron chi connectivity index (χ0n) is 11.5. The molecule has 0 aliphatic heterocycles. The molecule has 0 aromatic rings. The van der Waals surface area contributed by atoms with Crippen molar-refractivity contribution < 1.29 is 9.47 Å². The van der Waals surface area contributed by atoms with E-state index in [4.69, 9.17) is 55.9 Å². The molecule has 0 aromatic carbocycles. The third-order valence-corrected chi connectivity index (χ3v) is 4.36. The first-order valence-electron chi connectivity index (χ1n) is 5.97. The van der Waals surface area contributed by atoms with Crippen molar-refractivity contribution in [3.63, 3.8) is 0 Å². The Labute approximate surface area is 131 Å². The summed E-state index contributed by atoms with van der Waals surface area (Å²) in [5, 5.41) is -0.108. The maximum Gasteiger partial charge on any atom is 0.0743 e. The van der Waals surface area contributed by atoms with Gasteiger partial charge in [-0.25, -0.2) is 0 Å². The first-order valence-corrected chi connectivity index (χ1v) is 7.91. The van der Waals surface area contributed by atoms with Crippen LogP contribution in [-0.2, 0) is 9.47 Å². The Kier molecular flexibility index (Phi) is 17.2. The number of ether oxygens (including phenoxy) is 2. The molecule has 0 aliphatic carbocycles. The van der Waals surface area contributed by atoms with Crippen molar-refractivity contribution in [1.29, 1.82) is 0 Å². The van der Waals surface area contributed by atoms with Crippen molar-refractivity contribution >= 4 is 46.4 Å². The second-order valence-corrected chi connectivity index (χ2v) is 5.44. The van der Waals surface area contributed by atoms with Crippen LogP contribution in [0, 0.1) is 0 Å². The monoisotopic (exact) mass is 340 g/mol. The van der Waals surface area contributed by atoms with E-state index >= 15 is 0 Å². The SMILES string of the molecule is CCC(OC)C(Cl)CCl.CCC(OC)C(Cl)CCl. The minimum Gasteiger partial charge on any atom is -0.380 e. The minimum atomic E-state index is -0.0540. The van der Waals surface area contributed by atoms with Crippen LogP contribution in [0.1, 0.15) is 26.7 Å². The maximum atomic E-state index is 5.77. The second kappa shape index (κ2) is 14.5. The number of alkyl halides is 4. The lowest BCUT2D eigenvalue weighted by Crippen LogP contribution is -2.23. The van der Waals surface area contributed by atoms with Gasteiger partial charge in [-0.2, -0.15) is 0 Å². The second-order valence-electron chi connectivity index (χ2n) is 3.71. The molecule has 2 nitrogen and oxygen atoms in total. The molecular formula is C12H24Cl4O2. The van der Waals surface area contributed by atoms with Crippen LogP contribution in [0.15, 0.2) is 0 Å². The van der Waals surface area contributed by atoms with Gasteiger partial charge in [-0.3, -0.25) is 0 Å². The highest BCUT2D eigenvalue weighted by atomic mass is 35.5. The van der Waals surface area contributed by atoms with E-state index < -0.39 is 0 Å². The first-order chi connectivity index (χ1) is 8.51. The van der Waals surface area contributed by atoms with Gasteiger partial charge in [0.05, 0.1) is 23.0 Å². The Morgan fingerprint density at radius 3 is 1.11 bits per heavy atom. The van der Waals surface area contributed by atoms with Crippen molar-refractivity contribution in [2.24, 2.45) is 0 Å². The van der Waals surface area contributed by atoms with Gasteiger partial charge in [0, 0.05) is 26.0 Å². The topological polar surface area (TPSA) is 18.5 Å². The van der Waals surface area contributed by atoms with Gasteiger partial charge in [0.25, 0.3) is 0 Å². The lowest BCUT2D eigenvalue weighted by molar-refractivity contribution is 0.0999. The van der Waals surface area contributed by atoms with Gasteiger partial charge in [-0.15, -0.1) is 46.4 Å². The van der Waals surface area contributed by atoms with E-state index in [9.17, 15) is 0 Å². The fourth-order valence-electron chi connectivity index (χ4n) is 1.34. The van der Waals surface area contributed by atoms with Gasteiger partial charge in [0.15, 0.2) is 0 Å². The van der Waals surface area contributed by atoms with Crippen LogP contribution in [0.25, 0.3) is 0 Å². The average Bonchev–Trinajstić information content (AvgIpc) is 2.41. The van der Waals surface area contributed by atoms with Crippen molar-refractivity contribution in [2.45, 2.75) is 49.7 Å². The smallest absolute Gasteiger partial charge is 0.0743 e. The van der Waals surface area contributed by atoms with Gasteiger partial charge in [-0.05, 0) is 12.8 Å². The molecule has 0 aromatic heterocycles. The Bertz CT molecular complexity index is 146. The first kappa shape index (κ1) is 21.4. The van der Waals surface area contributed by atoms with Crippen molar-refractivity contribution in [3.05, 3.63) is 0 Å². The summed E-state index contributed by atoms with van der Waals surface area (Å²) in [4.78, 5) is 0. The molecule has 0 bridgehead atoms. The summed E-state index contributed by atoms with van der Waals surface area (Å²) in [6.07, 6.45) is 2.03. The Morgan fingerprint density at radius 1 is 0.778 bits per heavy atom. The molecule has 0 rings (SSSR count). The third-order valence-electron chi connectivity index (χ3n) is 2.51. The molecule has 6 heteroatoms. The molecule has 0 heterocycles. The van der Waals surface area contributed by atoms with Crippen LogP contribution in [-0.4, -0.2) is 48.9 Å². The highest BCUT2D eigenvalue weighted by molar-refractivity contribution is 6.28. The van der Waals surface area contributed by atoms with Gasteiger partial charge in [-0.1, -0.05) is 13.8 Å². The zero-order valence-corrected chi connectivity index (χ0v) is 14.5. The number of methoxy groups -OCH3 is 2. The van der Waals surface area contributed by atoms with E-state index in [1.54, 1.807) is 14.2 Å². The van der Waals surface area contributed by atoms with E-state index in [2.05, 4.69) is 0 Å². The van der Waals surface area contributed by atoms with Crippen LogP contribution in [0.5, 0.6) is 0 Å². The van der Waals surface area contributed by atoms with Crippen molar-refractivity contribution in [2.75, 3.05) is 26.0 Å². The third kappa shape index (κ3) is 9.94. The lowest BCUT2D eigenvalue weighted by atomic mass is 10.2. The molecular weight excluding hydrogens is 318 g/mol. The molecule has 112 valence electrons. The van der Waals surface area contributed by atoms with Crippen LogP contribution in [0.2, 0.25) is 0 Å². The van der Waals surface area contributed by atoms with Gasteiger partial charge < -0.3 is 9.47 Å². The summed E-state index contributed by atoms with van der Waals surface area (Å²) in [5.74, 6) is 0.905. The quantitative estimate of drug-likeness (QED) is 0.604. The molecule has 0 saturated carbocycles. The minimum absolute atomic E-state index is 0.0540. The van der Waals surface area contributed by atoms with Crippen molar-refractivity contribution in [1.82, 2.24) is 0 Å². The molecule has 0 spiro atoms. The number of halogens is 4. The molecule has 18 heavy (non-hydrogen) atoms. The fourth-order valence-corrected chi connectivity index (χ4v) is 2.30.